The molecule has 214 valence electrons. The predicted octanol–water partition coefficient (Wildman–Crippen LogP) is 5.36. The number of aryl methyl sites for hydroxylation is 2. The van der Waals surface area contributed by atoms with Crippen molar-refractivity contribution in [2.45, 2.75) is 71.0 Å². The van der Waals surface area contributed by atoms with E-state index in [4.69, 9.17) is 0 Å². The molecule has 0 aliphatic heterocycles. The second-order valence-corrected chi connectivity index (χ2v) is 11.9. The van der Waals surface area contributed by atoms with Crippen LogP contribution in [0.5, 0.6) is 0 Å². The van der Waals surface area contributed by atoms with Crippen LogP contribution < -0.4 is 9.62 Å². The van der Waals surface area contributed by atoms with Gasteiger partial charge in [0, 0.05) is 12.6 Å². The van der Waals surface area contributed by atoms with Gasteiger partial charge in [0.1, 0.15) is 18.4 Å². The summed E-state index contributed by atoms with van der Waals surface area (Å²) in [7, 11) is -4.33. The van der Waals surface area contributed by atoms with E-state index in [2.05, 4.69) is 5.32 Å². The van der Waals surface area contributed by atoms with E-state index in [1.165, 1.54) is 35.2 Å². The van der Waals surface area contributed by atoms with Crippen LogP contribution in [0.3, 0.4) is 0 Å². The fraction of sp³-hybridized carbons (Fsp3) is 0.355. The quantitative estimate of drug-likeness (QED) is 0.319. The van der Waals surface area contributed by atoms with E-state index < -0.39 is 34.3 Å². The average Bonchev–Trinajstić information content (AvgIpc) is 2.93. The van der Waals surface area contributed by atoms with Gasteiger partial charge in [-0.2, -0.15) is 0 Å². The number of hydrogen-bond donors (Lipinski definition) is 1. The lowest BCUT2D eigenvalue weighted by Gasteiger charge is -2.33. The molecular formula is C31H38FN3O4S. The van der Waals surface area contributed by atoms with Crippen LogP contribution in [0.4, 0.5) is 10.1 Å². The van der Waals surface area contributed by atoms with Gasteiger partial charge in [0.05, 0.1) is 10.6 Å². The number of nitrogens with zero attached hydrogens (tertiary/aromatic N) is 2. The first-order valence-corrected chi connectivity index (χ1v) is 14.9. The monoisotopic (exact) mass is 567 g/mol. The Morgan fingerprint density at radius 2 is 1.45 bits per heavy atom. The van der Waals surface area contributed by atoms with Gasteiger partial charge < -0.3 is 10.2 Å². The Bertz CT molecular complexity index is 1410. The highest BCUT2D eigenvalue weighted by Crippen LogP contribution is 2.27. The van der Waals surface area contributed by atoms with Crippen LogP contribution in [-0.2, 0) is 26.2 Å². The molecule has 7 nitrogen and oxygen atoms in total. The fourth-order valence-corrected chi connectivity index (χ4v) is 5.68. The van der Waals surface area contributed by atoms with Gasteiger partial charge in [-0.25, -0.2) is 12.8 Å². The molecule has 3 rings (SSSR count). The third-order valence-corrected chi connectivity index (χ3v) is 8.64. The lowest BCUT2D eigenvalue weighted by atomic mass is 10.1. The molecule has 2 atom stereocenters. The number of carbonyl (C=O) groups excluding carboxylic acids is 2. The van der Waals surface area contributed by atoms with Crippen molar-refractivity contribution in [3.8, 4) is 0 Å². The molecule has 0 fully saturated rings. The van der Waals surface area contributed by atoms with Crippen LogP contribution in [-0.4, -0.2) is 43.8 Å². The van der Waals surface area contributed by atoms with Crippen LogP contribution in [0.25, 0.3) is 0 Å². The van der Waals surface area contributed by atoms with Crippen molar-refractivity contribution in [3.63, 3.8) is 0 Å². The maximum atomic E-state index is 15.0. The van der Waals surface area contributed by atoms with Crippen LogP contribution in [0.1, 0.15) is 50.3 Å². The van der Waals surface area contributed by atoms with Gasteiger partial charge in [0.15, 0.2) is 0 Å². The molecule has 0 saturated carbocycles. The Hall–Kier alpha value is -3.72. The summed E-state index contributed by atoms with van der Waals surface area (Å²) in [4.78, 5) is 28.6. The molecule has 0 aliphatic carbocycles. The third-order valence-electron chi connectivity index (χ3n) is 6.87. The van der Waals surface area contributed by atoms with Gasteiger partial charge in [-0.05, 0) is 63.4 Å². The highest BCUT2D eigenvalue weighted by atomic mass is 32.2. The number of para-hydroxylation sites is 1. The first-order valence-electron chi connectivity index (χ1n) is 13.5. The van der Waals surface area contributed by atoms with E-state index in [1.54, 1.807) is 19.1 Å². The van der Waals surface area contributed by atoms with Crippen molar-refractivity contribution in [3.05, 3.63) is 95.3 Å². The van der Waals surface area contributed by atoms with Crippen molar-refractivity contribution in [1.82, 2.24) is 10.2 Å². The van der Waals surface area contributed by atoms with E-state index in [-0.39, 0.29) is 29.1 Å². The molecule has 0 radical (unpaired) electrons. The normalized spacial score (nSPS) is 12.8. The number of rotatable bonds is 12. The molecule has 2 amide bonds. The zero-order chi connectivity index (χ0) is 29.4. The maximum absolute atomic E-state index is 15.0. The maximum Gasteiger partial charge on any atom is 0.264 e. The fourth-order valence-electron chi connectivity index (χ4n) is 4.26. The average molecular weight is 568 g/mol. The summed E-state index contributed by atoms with van der Waals surface area (Å²) in [5, 5.41) is 2.94. The smallest absolute Gasteiger partial charge is 0.264 e. The Balaban J connectivity index is 2.06. The van der Waals surface area contributed by atoms with Gasteiger partial charge in [-0.1, -0.05) is 73.5 Å². The van der Waals surface area contributed by atoms with E-state index in [0.717, 1.165) is 27.1 Å². The van der Waals surface area contributed by atoms with Crippen LogP contribution in [0, 0.1) is 19.7 Å². The van der Waals surface area contributed by atoms with Crippen molar-refractivity contribution < 1.29 is 22.4 Å². The number of halogens is 1. The minimum absolute atomic E-state index is 0.0687. The SMILES string of the molecule is CC[C@@H](C)NC(=O)[C@H](CC)N(Cc1ccc(C)cc1)C(=O)CN(c1ccccc1F)S(=O)(=O)c1ccc(C)cc1. The number of anilines is 1. The largest absolute Gasteiger partial charge is 0.352 e. The van der Waals surface area contributed by atoms with Gasteiger partial charge in [-0.15, -0.1) is 0 Å². The summed E-state index contributed by atoms with van der Waals surface area (Å²) in [6.07, 6.45) is 1.02. The molecule has 0 bridgehead atoms. The zero-order valence-electron chi connectivity index (χ0n) is 23.7. The molecule has 0 spiro atoms. The molecule has 40 heavy (non-hydrogen) atoms. The number of benzene rings is 3. The van der Waals surface area contributed by atoms with E-state index in [1.807, 2.05) is 52.0 Å². The molecule has 0 aromatic heterocycles. The van der Waals surface area contributed by atoms with E-state index >= 15 is 4.39 Å². The Kier molecular flexibility index (Phi) is 10.5. The van der Waals surface area contributed by atoms with Gasteiger partial charge in [0.2, 0.25) is 11.8 Å². The van der Waals surface area contributed by atoms with Crippen molar-refractivity contribution >= 4 is 27.5 Å². The number of nitrogens with one attached hydrogen (secondary N) is 1. The topological polar surface area (TPSA) is 86.8 Å². The minimum Gasteiger partial charge on any atom is -0.352 e. The number of carbonyl (C=O) groups is 2. The summed E-state index contributed by atoms with van der Waals surface area (Å²) in [6.45, 7) is 8.80. The Labute approximate surface area is 237 Å². The third kappa shape index (κ3) is 7.47. The van der Waals surface area contributed by atoms with E-state index in [9.17, 15) is 18.0 Å². The lowest BCUT2D eigenvalue weighted by molar-refractivity contribution is -0.140. The second-order valence-electron chi connectivity index (χ2n) is 10.0. The molecule has 9 heteroatoms. The number of hydrogen-bond acceptors (Lipinski definition) is 4. The van der Waals surface area contributed by atoms with Crippen molar-refractivity contribution in [1.29, 1.82) is 0 Å². The molecule has 0 heterocycles. The zero-order valence-corrected chi connectivity index (χ0v) is 24.5. The van der Waals surface area contributed by atoms with Crippen LogP contribution in [0.15, 0.2) is 77.7 Å². The molecule has 0 aliphatic rings. The first kappa shape index (κ1) is 30.8. The summed E-state index contributed by atoms with van der Waals surface area (Å²) in [6, 6.07) is 18.2. The number of sulfonamides is 1. The Morgan fingerprint density at radius 3 is 2.00 bits per heavy atom. The summed E-state index contributed by atoms with van der Waals surface area (Å²) < 4.78 is 43.4. The predicted molar refractivity (Wildman–Crippen MR) is 156 cm³/mol. The summed E-state index contributed by atoms with van der Waals surface area (Å²) in [5.41, 5.74) is 2.43. The van der Waals surface area contributed by atoms with E-state index in [0.29, 0.717) is 12.8 Å². The Morgan fingerprint density at radius 1 is 0.875 bits per heavy atom. The van der Waals surface area contributed by atoms with Gasteiger partial charge in [-0.3, -0.25) is 13.9 Å². The summed E-state index contributed by atoms with van der Waals surface area (Å²) >= 11 is 0. The lowest BCUT2D eigenvalue weighted by Crippen LogP contribution is -2.53. The number of amides is 2. The first-order chi connectivity index (χ1) is 19.0. The molecule has 1 N–H and O–H groups in total. The van der Waals surface area contributed by atoms with Gasteiger partial charge >= 0.3 is 0 Å². The molecule has 3 aromatic carbocycles. The molecule has 0 saturated heterocycles. The van der Waals surface area contributed by atoms with Crippen LogP contribution >= 0.6 is 0 Å². The highest BCUT2D eigenvalue weighted by Gasteiger charge is 2.34. The van der Waals surface area contributed by atoms with Crippen molar-refractivity contribution in [2.24, 2.45) is 0 Å². The van der Waals surface area contributed by atoms with Crippen molar-refractivity contribution in [2.75, 3.05) is 10.8 Å². The standard InChI is InChI=1S/C31H38FN3O4S/c1-6-24(5)33-31(37)28(7-2)34(20-25-16-12-22(3)13-17-25)30(36)21-35(29-11-9-8-10-27(29)32)40(38,39)26-18-14-23(4)15-19-26/h8-19,24,28H,6-7,20-21H2,1-5H3,(H,33,37)/t24-,28+/m1/s1. The molecule has 3 aromatic rings. The minimum atomic E-state index is -4.33. The highest BCUT2D eigenvalue weighted by molar-refractivity contribution is 7.92. The van der Waals surface area contributed by atoms with Crippen LogP contribution in [0.2, 0.25) is 0 Å². The summed E-state index contributed by atoms with van der Waals surface area (Å²) in [5.74, 6) is -1.72. The molecular weight excluding hydrogens is 529 g/mol. The second kappa shape index (κ2) is 13.6. The molecule has 0 unspecified atom stereocenters. The van der Waals surface area contributed by atoms with Gasteiger partial charge in [0.25, 0.3) is 10.0 Å².